The molecule has 4 aromatic rings. The van der Waals surface area contributed by atoms with Crippen molar-refractivity contribution in [1.29, 1.82) is 0 Å². The fourth-order valence-electron chi connectivity index (χ4n) is 7.77. The van der Waals surface area contributed by atoms with Gasteiger partial charge < -0.3 is 35.7 Å². The highest BCUT2D eigenvalue weighted by Gasteiger charge is 2.45. The molecule has 0 aliphatic carbocycles. The van der Waals surface area contributed by atoms with Crippen LogP contribution in [-0.4, -0.2) is 69.8 Å². The van der Waals surface area contributed by atoms with Crippen LogP contribution in [0.4, 0.5) is 20.2 Å². The van der Waals surface area contributed by atoms with Crippen LogP contribution >= 0.6 is 0 Å². The molecule has 1 aromatic heterocycles. The zero-order valence-electron chi connectivity index (χ0n) is 34.9. The summed E-state index contributed by atoms with van der Waals surface area (Å²) in [5, 5.41) is 24.7. The van der Waals surface area contributed by atoms with Gasteiger partial charge in [0.15, 0.2) is 17.5 Å². The molecule has 2 saturated heterocycles. The number of aromatic nitrogens is 1. The summed E-state index contributed by atoms with van der Waals surface area (Å²) in [7, 11) is 0. The lowest BCUT2D eigenvalue weighted by Gasteiger charge is -2.25. The number of anilines is 2. The van der Waals surface area contributed by atoms with Crippen LogP contribution in [0.15, 0.2) is 60.7 Å². The first-order valence-electron chi connectivity index (χ1n) is 21.7. The molecule has 5 amide bonds. The van der Waals surface area contributed by atoms with Crippen LogP contribution in [-0.2, 0) is 30.6 Å². The molecule has 18 heteroatoms. The number of piperidine rings is 1. The number of rotatable bonds is 21. The summed E-state index contributed by atoms with van der Waals surface area (Å²) < 4.78 is 27.0. The lowest BCUT2D eigenvalue weighted by Crippen LogP contribution is -2.53. The van der Waals surface area contributed by atoms with E-state index in [2.05, 4.69) is 26.3 Å². The molecule has 3 aromatic carbocycles. The Morgan fingerprint density at radius 2 is 1.51 bits per heavy atom. The fraction of sp³-hybridized carbons (Fsp3) is 0.444. The topological polar surface area (TPSA) is 204 Å². The maximum atomic E-state index is 13.5. The van der Waals surface area contributed by atoms with E-state index in [9.17, 15) is 37.9 Å². The van der Waals surface area contributed by atoms with E-state index in [1.54, 1.807) is 42.5 Å². The molecule has 16 nitrogen and oxygen atoms in total. The summed E-state index contributed by atoms with van der Waals surface area (Å²) in [6.07, 6.45) is 12.5. The van der Waals surface area contributed by atoms with Crippen molar-refractivity contribution in [3.05, 3.63) is 83.6 Å². The van der Waals surface area contributed by atoms with Gasteiger partial charge in [-0.1, -0.05) is 57.8 Å². The van der Waals surface area contributed by atoms with Gasteiger partial charge in [0.2, 0.25) is 11.8 Å². The average molecular weight is 874 g/mol. The van der Waals surface area contributed by atoms with Gasteiger partial charge in [0.1, 0.15) is 17.3 Å². The molecule has 6 N–H and O–H groups in total. The van der Waals surface area contributed by atoms with Gasteiger partial charge in [-0.3, -0.25) is 34.4 Å². The number of aliphatic hydroxyl groups is 1. The molecule has 7 rings (SSSR count). The Balaban J connectivity index is 0.696. The van der Waals surface area contributed by atoms with Crippen LogP contribution in [0, 0.1) is 11.6 Å². The SMILES string of the molecule is O=C1CCC(N2Oc3ccc(NC(=O)CCCCCCCCCCCCCNC(=O)c4cc5cc(N6CC[C@@](O)(C(=O)NCc7cc(F)cc(F)c7)O6)ccc5[nH]4)cc3O2)C(=O)N1. The van der Waals surface area contributed by atoms with Crippen LogP contribution in [0.25, 0.3) is 10.9 Å². The minimum absolute atomic E-state index is 0.0339. The fourth-order valence-corrected chi connectivity index (χ4v) is 7.77. The Morgan fingerprint density at radius 1 is 0.810 bits per heavy atom. The highest BCUT2D eigenvalue weighted by atomic mass is 19.1. The van der Waals surface area contributed by atoms with Crippen molar-refractivity contribution in [2.75, 3.05) is 23.5 Å². The summed E-state index contributed by atoms with van der Waals surface area (Å²) in [5.41, 5.74) is 2.51. The zero-order chi connectivity index (χ0) is 44.3. The first kappa shape index (κ1) is 44.9. The van der Waals surface area contributed by atoms with Gasteiger partial charge in [0.25, 0.3) is 23.5 Å². The third kappa shape index (κ3) is 12.1. The lowest BCUT2D eigenvalue weighted by atomic mass is 10.0. The molecule has 63 heavy (non-hydrogen) atoms. The van der Waals surface area contributed by atoms with Crippen molar-refractivity contribution in [3.8, 4) is 11.5 Å². The first-order valence-corrected chi connectivity index (χ1v) is 21.7. The van der Waals surface area contributed by atoms with E-state index in [1.807, 2.05) is 0 Å². The molecular weight excluding hydrogens is 821 g/mol. The highest BCUT2D eigenvalue weighted by Crippen LogP contribution is 2.38. The molecule has 0 radical (unpaired) electrons. The third-order valence-electron chi connectivity index (χ3n) is 11.2. The van der Waals surface area contributed by atoms with Gasteiger partial charge in [-0.05, 0) is 73.4 Å². The molecule has 2 fully saturated rings. The van der Waals surface area contributed by atoms with E-state index in [-0.39, 0.29) is 55.6 Å². The van der Waals surface area contributed by atoms with E-state index in [0.717, 1.165) is 92.1 Å². The highest BCUT2D eigenvalue weighted by molar-refractivity contribution is 6.00. The molecule has 0 saturated carbocycles. The van der Waals surface area contributed by atoms with E-state index >= 15 is 0 Å². The number of carbonyl (C=O) groups excluding carboxylic acids is 5. The van der Waals surface area contributed by atoms with Gasteiger partial charge in [-0.2, -0.15) is 0 Å². The summed E-state index contributed by atoms with van der Waals surface area (Å²) in [6.45, 7) is 0.581. The molecule has 3 aliphatic heterocycles. The molecule has 336 valence electrons. The number of nitrogens with one attached hydrogen (secondary N) is 5. The van der Waals surface area contributed by atoms with Crippen molar-refractivity contribution in [2.45, 2.75) is 115 Å². The molecule has 4 heterocycles. The van der Waals surface area contributed by atoms with Crippen LogP contribution in [0.2, 0.25) is 0 Å². The third-order valence-corrected chi connectivity index (χ3v) is 11.2. The number of fused-ring (bicyclic) bond motifs is 2. The summed E-state index contributed by atoms with van der Waals surface area (Å²) in [5.74, 6) is -4.81. The van der Waals surface area contributed by atoms with E-state index < -0.39 is 35.3 Å². The minimum Gasteiger partial charge on any atom is -0.366 e. The van der Waals surface area contributed by atoms with Crippen molar-refractivity contribution in [2.24, 2.45) is 0 Å². The summed E-state index contributed by atoms with van der Waals surface area (Å²) in [4.78, 5) is 81.8. The number of hydrogen-bond donors (Lipinski definition) is 6. The van der Waals surface area contributed by atoms with Gasteiger partial charge >= 0.3 is 0 Å². The van der Waals surface area contributed by atoms with Crippen LogP contribution in [0.1, 0.15) is 112 Å². The zero-order valence-corrected chi connectivity index (χ0v) is 34.9. The van der Waals surface area contributed by atoms with E-state index in [1.165, 1.54) is 17.9 Å². The van der Waals surface area contributed by atoms with Gasteiger partial charge in [0.05, 0.1) is 12.2 Å². The van der Waals surface area contributed by atoms with Crippen molar-refractivity contribution < 1.29 is 52.4 Å². The number of halogens is 2. The van der Waals surface area contributed by atoms with Crippen molar-refractivity contribution in [1.82, 2.24) is 26.2 Å². The maximum Gasteiger partial charge on any atom is 0.282 e. The number of amides is 5. The average Bonchev–Trinajstić information content (AvgIpc) is 3.99. The number of imide groups is 1. The standard InChI is InChI=1S/C45H53F2N7O9/c46-31-22-29(23-32(47)26-31)28-49-44(59)45(60)19-21-53(63-45)34-14-15-35-30(24-34)25-36(51-35)42(57)48-20-11-9-7-5-3-1-2-4-6-8-10-12-40(55)50-33-13-17-38-39(27-33)62-54(61-38)37-16-18-41(56)52-43(37)58/h13-15,17,22-27,37,51,60H,1-12,16,18-21,28H2,(H,48,57)(H,49,59)(H,50,55)(H,52,56,58)/t37?,45-/m0/s1. The molecule has 3 aliphatic rings. The van der Waals surface area contributed by atoms with Gasteiger partial charge in [0, 0.05) is 66.3 Å². The Kier molecular flexibility index (Phi) is 14.9. The lowest BCUT2D eigenvalue weighted by molar-refractivity contribution is -0.252. The first-order chi connectivity index (χ1) is 30.4. The molecule has 1 unspecified atom stereocenters. The number of nitrogens with zero attached hydrogens (tertiary/aromatic N) is 2. The Morgan fingerprint density at radius 3 is 2.24 bits per heavy atom. The van der Waals surface area contributed by atoms with Crippen LogP contribution in [0.5, 0.6) is 11.5 Å². The van der Waals surface area contributed by atoms with Gasteiger partial charge in [-0.25, -0.2) is 13.6 Å². The van der Waals surface area contributed by atoms with E-state index in [4.69, 9.17) is 14.5 Å². The number of carbonyl (C=O) groups is 5. The predicted molar refractivity (Wildman–Crippen MR) is 227 cm³/mol. The summed E-state index contributed by atoms with van der Waals surface area (Å²) in [6, 6.07) is 14.3. The molecule has 2 atom stereocenters. The smallest absolute Gasteiger partial charge is 0.282 e. The Labute approximate surface area is 362 Å². The van der Waals surface area contributed by atoms with Crippen LogP contribution in [0.3, 0.4) is 0 Å². The number of unbranched alkanes of at least 4 members (excludes halogenated alkanes) is 10. The Bertz CT molecular complexity index is 2290. The monoisotopic (exact) mass is 873 g/mol. The number of hydrogen-bond acceptors (Lipinski definition) is 11. The largest absolute Gasteiger partial charge is 0.366 e. The number of hydroxylamine groups is 3. The number of H-pyrrole nitrogens is 1. The second-order valence-electron chi connectivity index (χ2n) is 16.2. The maximum absolute atomic E-state index is 13.5. The molecule has 0 bridgehead atoms. The molecule has 0 spiro atoms. The molecular formula is C45H53F2N7O9. The normalized spacial score (nSPS) is 18.5. The van der Waals surface area contributed by atoms with Gasteiger partial charge in [-0.15, -0.1) is 0 Å². The second-order valence-corrected chi connectivity index (χ2v) is 16.2. The minimum atomic E-state index is -2.16. The number of aromatic amines is 1. The summed E-state index contributed by atoms with van der Waals surface area (Å²) >= 11 is 0. The van der Waals surface area contributed by atoms with E-state index in [0.29, 0.717) is 41.5 Å². The van der Waals surface area contributed by atoms with Crippen molar-refractivity contribution >= 4 is 51.8 Å². The predicted octanol–water partition coefficient (Wildman–Crippen LogP) is 6.35. The van der Waals surface area contributed by atoms with Crippen molar-refractivity contribution in [3.63, 3.8) is 0 Å². The Hall–Kier alpha value is -6.11. The van der Waals surface area contributed by atoms with Crippen LogP contribution < -0.4 is 36.0 Å². The quantitative estimate of drug-likeness (QED) is 0.0402. The number of benzene rings is 3. The second kappa shape index (κ2) is 20.8.